The van der Waals surface area contributed by atoms with Gasteiger partial charge in [-0.1, -0.05) is 6.07 Å². The molecule has 6 nitrogen and oxygen atoms in total. The third-order valence-corrected chi connectivity index (χ3v) is 4.05. The van der Waals surface area contributed by atoms with Crippen LogP contribution in [0, 0.1) is 0 Å². The number of aliphatic hydroxyl groups excluding tert-OH is 1. The van der Waals surface area contributed by atoms with E-state index >= 15 is 0 Å². The minimum Gasteiger partial charge on any atom is -0.491 e. The van der Waals surface area contributed by atoms with Gasteiger partial charge in [0.15, 0.2) is 0 Å². The van der Waals surface area contributed by atoms with Gasteiger partial charge in [-0.3, -0.25) is 9.59 Å². The molecule has 0 fully saturated rings. The van der Waals surface area contributed by atoms with Crippen LogP contribution in [-0.2, 0) is 15.8 Å². The number of carbonyl (C=O) groups is 2. The second kappa shape index (κ2) is 11.5. The highest BCUT2D eigenvalue weighted by Crippen LogP contribution is 2.31. The van der Waals surface area contributed by atoms with E-state index in [0.29, 0.717) is 19.5 Å². The third kappa shape index (κ3) is 8.60. The van der Waals surface area contributed by atoms with Crippen LogP contribution in [0.25, 0.3) is 0 Å². The first kappa shape index (κ1) is 23.7. The average molecular weight is 404 g/mol. The first-order valence-corrected chi connectivity index (χ1v) is 9.19. The number of carbonyl (C=O) groups excluding carboxylic acids is 2. The van der Waals surface area contributed by atoms with Gasteiger partial charge in [-0.15, -0.1) is 0 Å². The number of amides is 2. The van der Waals surface area contributed by atoms with Gasteiger partial charge < -0.3 is 20.1 Å². The number of nitrogens with one attached hydrogen (secondary N) is 1. The molecule has 1 aromatic carbocycles. The Labute approximate surface area is 162 Å². The lowest BCUT2D eigenvalue weighted by Gasteiger charge is -2.18. The Kier molecular flexibility index (Phi) is 9.78. The van der Waals surface area contributed by atoms with Crippen molar-refractivity contribution in [2.24, 2.45) is 0 Å². The molecule has 0 aliphatic heterocycles. The van der Waals surface area contributed by atoms with Crippen molar-refractivity contribution in [2.75, 3.05) is 26.2 Å². The van der Waals surface area contributed by atoms with Crippen LogP contribution in [0.15, 0.2) is 24.3 Å². The van der Waals surface area contributed by atoms with Crippen LogP contribution >= 0.6 is 0 Å². The molecule has 0 radical (unpaired) electrons. The maximum atomic E-state index is 12.6. The Morgan fingerprint density at radius 2 is 1.89 bits per heavy atom. The highest BCUT2D eigenvalue weighted by molar-refractivity contribution is 5.78. The van der Waals surface area contributed by atoms with Gasteiger partial charge in [-0.2, -0.15) is 13.2 Å². The molecule has 0 bridgehead atoms. The molecule has 1 unspecified atom stereocenters. The Morgan fingerprint density at radius 3 is 2.50 bits per heavy atom. The molecule has 28 heavy (non-hydrogen) atoms. The minimum atomic E-state index is -4.47. The molecule has 0 aliphatic carbocycles. The topological polar surface area (TPSA) is 78.9 Å². The average Bonchev–Trinajstić information content (AvgIpc) is 2.65. The molecule has 0 aromatic heterocycles. The summed E-state index contributed by atoms with van der Waals surface area (Å²) >= 11 is 0. The van der Waals surface area contributed by atoms with Crippen molar-refractivity contribution in [3.8, 4) is 5.75 Å². The molecule has 0 saturated heterocycles. The summed E-state index contributed by atoms with van der Waals surface area (Å²) in [5, 5.41) is 12.3. The number of nitrogens with zero attached hydrogens (tertiary/aromatic N) is 1. The van der Waals surface area contributed by atoms with Crippen molar-refractivity contribution in [1.82, 2.24) is 10.2 Å². The van der Waals surface area contributed by atoms with Crippen molar-refractivity contribution in [1.29, 1.82) is 0 Å². The molecule has 158 valence electrons. The van der Waals surface area contributed by atoms with Crippen LogP contribution < -0.4 is 10.1 Å². The van der Waals surface area contributed by atoms with Gasteiger partial charge in [0, 0.05) is 32.5 Å². The molecule has 0 saturated carbocycles. The molecule has 1 rings (SSSR count). The summed E-state index contributed by atoms with van der Waals surface area (Å²) in [5.74, 6) is -0.340. The Bertz CT molecular complexity index is 634. The van der Waals surface area contributed by atoms with Crippen molar-refractivity contribution >= 4 is 11.8 Å². The SMILES string of the molecule is CCN(CC)C(=O)CCCC(=O)NCC(O)COc1cccc(C(F)(F)F)c1. The summed E-state index contributed by atoms with van der Waals surface area (Å²) in [6, 6.07) is 4.34. The predicted molar refractivity (Wildman–Crippen MR) is 97.7 cm³/mol. The normalized spacial score (nSPS) is 12.4. The van der Waals surface area contributed by atoms with Crippen LogP contribution in [0.5, 0.6) is 5.75 Å². The standard InChI is InChI=1S/C19H27F3N2O4/c1-3-24(4-2)18(27)10-6-9-17(26)23-12-15(25)13-28-16-8-5-7-14(11-16)19(20,21)22/h5,7-8,11,15,25H,3-4,6,9-10,12-13H2,1-2H3,(H,23,26). The molecule has 2 N–H and O–H groups in total. The molecule has 2 amide bonds. The fourth-order valence-corrected chi connectivity index (χ4v) is 2.47. The largest absolute Gasteiger partial charge is 0.491 e. The monoisotopic (exact) mass is 404 g/mol. The number of alkyl halides is 3. The van der Waals surface area contributed by atoms with Gasteiger partial charge in [0.05, 0.1) is 5.56 Å². The zero-order valence-electron chi connectivity index (χ0n) is 16.1. The molecule has 9 heteroatoms. The minimum absolute atomic E-state index is 0.00711. The second-order valence-corrected chi connectivity index (χ2v) is 6.21. The number of benzene rings is 1. The maximum absolute atomic E-state index is 12.6. The van der Waals surface area contributed by atoms with Crippen molar-refractivity contribution < 1.29 is 32.6 Å². The Morgan fingerprint density at radius 1 is 1.21 bits per heavy atom. The van der Waals surface area contributed by atoms with Gasteiger partial charge >= 0.3 is 6.18 Å². The number of hydrogen-bond acceptors (Lipinski definition) is 4. The number of ether oxygens (including phenoxy) is 1. The molecule has 1 aromatic rings. The van der Waals surface area contributed by atoms with E-state index in [2.05, 4.69) is 5.32 Å². The number of halogens is 3. The first-order chi connectivity index (χ1) is 13.2. The van der Waals surface area contributed by atoms with Crippen LogP contribution in [0.2, 0.25) is 0 Å². The molecule has 0 heterocycles. The molecular weight excluding hydrogens is 377 g/mol. The number of aliphatic hydroxyl groups is 1. The number of hydrogen-bond donors (Lipinski definition) is 2. The summed E-state index contributed by atoms with van der Waals surface area (Å²) in [4.78, 5) is 25.3. The van der Waals surface area contributed by atoms with E-state index in [0.717, 1.165) is 12.1 Å². The highest BCUT2D eigenvalue weighted by atomic mass is 19.4. The third-order valence-electron chi connectivity index (χ3n) is 4.05. The van der Waals surface area contributed by atoms with E-state index < -0.39 is 17.8 Å². The van der Waals surface area contributed by atoms with Crippen molar-refractivity contribution in [2.45, 2.75) is 45.4 Å². The second-order valence-electron chi connectivity index (χ2n) is 6.21. The smallest absolute Gasteiger partial charge is 0.416 e. The lowest BCUT2D eigenvalue weighted by molar-refractivity contribution is -0.137. The number of rotatable bonds is 11. The molecular formula is C19H27F3N2O4. The molecule has 1 atom stereocenters. The van der Waals surface area contributed by atoms with E-state index in [1.165, 1.54) is 12.1 Å². The summed E-state index contributed by atoms with van der Waals surface area (Å²) in [5.41, 5.74) is -0.841. The lowest BCUT2D eigenvalue weighted by Crippen LogP contribution is -2.35. The van der Waals surface area contributed by atoms with Crippen LogP contribution in [0.4, 0.5) is 13.2 Å². The van der Waals surface area contributed by atoms with Crippen LogP contribution in [0.1, 0.15) is 38.7 Å². The summed E-state index contributed by atoms with van der Waals surface area (Å²) in [6.45, 7) is 4.66. The van der Waals surface area contributed by atoms with Gasteiger partial charge in [-0.25, -0.2) is 0 Å². The van der Waals surface area contributed by atoms with E-state index in [9.17, 15) is 27.9 Å². The van der Waals surface area contributed by atoms with Crippen molar-refractivity contribution in [3.63, 3.8) is 0 Å². The van der Waals surface area contributed by atoms with Gasteiger partial charge in [0.2, 0.25) is 11.8 Å². The van der Waals surface area contributed by atoms with Crippen molar-refractivity contribution in [3.05, 3.63) is 29.8 Å². The Balaban J connectivity index is 2.28. The zero-order chi connectivity index (χ0) is 21.2. The zero-order valence-corrected chi connectivity index (χ0v) is 16.1. The van der Waals surface area contributed by atoms with Crippen LogP contribution in [-0.4, -0.2) is 54.2 Å². The van der Waals surface area contributed by atoms with E-state index in [4.69, 9.17) is 4.74 Å². The maximum Gasteiger partial charge on any atom is 0.416 e. The van der Waals surface area contributed by atoms with E-state index in [-0.39, 0.29) is 43.6 Å². The lowest BCUT2D eigenvalue weighted by atomic mass is 10.2. The fraction of sp³-hybridized carbons (Fsp3) is 0.579. The summed E-state index contributed by atoms with van der Waals surface area (Å²) < 4.78 is 43.1. The Hall–Kier alpha value is -2.29. The highest BCUT2D eigenvalue weighted by Gasteiger charge is 2.30. The fourth-order valence-electron chi connectivity index (χ4n) is 2.47. The van der Waals surface area contributed by atoms with Gasteiger partial charge in [0.25, 0.3) is 0 Å². The first-order valence-electron chi connectivity index (χ1n) is 9.19. The molecule has 0 aliphatic rings. The van der Waals surface area contributed by atoms with Gasteiger partial charge in [0.1, 0.15) is 18.5 Å². The summed E-state index contributed by atoms with van der Waals surface area (Å²) in [7, 11) is 0. The van der Waals surface area contributed by atoms with E-state index in [1.807, 2.05) is 13.8 Å². The van der Waals surface area contributed by atoms with Crippen LogP contribution in [0.3, 0.4) is 0 Å². The quantitative estimate of drug-likeness (QED) is 0.594. The van der Waals surface area contributed by atoms with Gasteiger partial charge in [-0.05, 0) is 38.5 Å². The summed E-state index contributed by atoms with van der Waals surface area (Å²) in [6.07, 6.45) is -4.72. The molecule has 0 spiro atoms. The van der Waals surface area contributed by atoms with E-state index in [1.54, 1.807) is 4.90 Å². The predicted octanol–water partition coefficient (Wildman–Crippen LogP) is 2.60.